The zero-order valence-corrected chi connectivity index (χ0v) is 8.52. The number of aliphatic hydroxyl groups excluding tert-OH is 1. The standard InChI is InChI=1S/C12H15NO2/c14-7-8-5-11-12(13-6-8)9-3-1-2-4-10(9)15-11/h1-4,8,11-14H,5-7H2. The molecular weight excluding hydrogens is 190 g/mol. The lowest BCUT2D eigenvalue weighted by Crippen LogP contribution is -2.43. The minimum atomic E-state index is 0.202. The van der Waals surface area contributed by atoms with Crippen LogP contribution in [0.15, 0.2) is 24.3 Å². The Morgan fingerprint density at radius 2 is 2.27 bits per heavy atom. The Bertz CT molecular complexity index is 366. The molecular formula is C12H15NO2. The molecule has 1 saturated heterocycles. The average molecular weight is 205 g/mol. The fourth-order valence-electron chi connectivity index (χ4n) is 2.55. The summed E-state index contributed by atoms with van der Waals surface area (Å²) in [6.45, 7) is 1.13. The highest BCUT2D eigenvalue weighted by atomic mass is 16.5. The van der Waals surface area contributed by atoms with Gasteiger partial charge in [-0.3, -0.25) is 0 Å². The summed E-state index contributed by atoms with van der Waals surface area (Å²) >= 11 is 0. The Balaban J connectivity index is 1.86. The summed E-state index contributed by atoms with van der Waals surface area (Å²) in [4.78, 5) is 0. The smallest absolute Gasteiger partial charge is 0.124 e. The van der Waals surface area contributed by atoms with Gasteiger partial charge in [0.2, 0.25) is 0 Å². The predicted octanol–water partition coefficient (Wildman–Crippen LogP) is 1.09. The topological polar surface area (TPSA) is 41.5 Å². The van der Waals surface area contributed by atoms with E-state index >= 15 is 0 Å². The van der Waals surface area contributed by atoms with Crippen LogP contribution in [0.5, 0.6) is 5.75 Å². The van der Waals surface area contributed by atoms with Crippen molar-refractivity contribution in [3.63, 3.8) is 0 Å². The summed E-state index contributed by atoms with van der Waals surface area (Å²) in [5.41, 5.74) is 1.26. The summed E-state index contributed by atoms with van der Waals surface area (Å²) in [5.74, 6) is 1.33. The van der Waals surface area contributed by atoms with E-state index in [0.717, 1.165) is 18.7 Å². The monoisotopic (exact) mass is 205 g/mol. The maximum absolute atomic E-state index is 9.13. The maximum atomic E-state index is 9.13. The molecule has 0 bridgehead atoms. The van der Waals surface area contributed by atoms with E-state index in [0.29, 0.717) is 12.0 Å². The van der Waals surface area contributed by atoms with Gasteiger partial charge in [-0.15, -0.1) is 0 Å². The molecule has 3 nitrogen and oxygen atoms in total. The van der Waals surface area contributed by atoms with Crippen LogP contribution in [0.1, 0.15) is 18.0 Å². The summed E-state index contributed by atoms with van der Waals surface area (Å²) < 4.78 is 5.87. The van der Waals surface area contributed by atoms with Gasteiger partial charge in [-0.05, 0) is 18.4 Å². The predicted molar refractivity (Wildman–Crippen MR) is 56.8 cm³/mol. The van der Waals surface area contributed by atoms with Crippen molar-refractivity contribution < 1.29 is 9.84 Å². The number of nitrogens with one attached hydrogen (secondary N) is 1. The lowest BCUT2D eigenvalue weighted by Gasteiger charge is -2.30. The SMILES string of the molecule is OCC1CNC2c3ccccc3OC2C1. The number of para-hydroxylation sites is 1. The molecule has 1 aromatic rings. The van der Waals surface area contributed by atoms with Crippen LogP contribution in [0.2, 0.25) is 0 Å². The first-order valence-corrected chi connectivity index (χ1v) is 5.48. The summed E-state index contributed by atoms with van der Waals surface area (Å²) in [6.07, 6.45) is 1.15. The Hall–Kier alpha value is -1.06. The first-order chi connectivity index (χ1) is 7.38. The highest BCUT2D eigenvalue weighted by Crippen LogP contribution is 2.40. The summed E-state index contributed by atoms with van der Waals surface area (Å²) in [7, 11) is 0. The number of aliphatic hydroxyl groups is 1. The summed E-state index contributed by atoms with van der Waals surface area (Å²) in [5, 5.41) is 12.6. The number of benzene rings is 1. The zero-order valence-electron chi connectivity index (χ0n) is 8.52. The Morgan fingerprint density at radius 3 is 3.13 bits per heavy atom. The molecule has 1 aromatic carbocycles. The molecule has 0 aliphatic carbocycles. The third kappa shape index (κ3) is 1.43. The average Bonchev–Trinajstić information content (AvgIpc) is 2.66. The first-order valence-electron chi connectivity index (χ1n) is 5.48. The van der Waals surface area contributed by atoms with Crippen molar-refractivity contribution in [3.8, 4) is 5.75 Å². The van der Waals surface area contributed by atoms with Gasteiger partial charge in [0.05, 0.1) is 6.04 Å². The van der Waals surface area contributed by atoms with Gasteiger partial charge >= 0.3 is 0 Å². The quantitative estimate of drug-likeness (QED) is 0.721. The van der Waals surface area contributed by atoms with E-state index in [4.69, 9.17) is 9.84 Å². The van der Waals surface area contributed by atoms with Crippen molar-refractivity contribution >= 4 is 0 Å². The first kappa shape index (κ1) is 9.19. The zero-order chi connectivity index (χ0) is 10.3. The molecule has 2 aliphatic rings. The minimum absolute atomic E-state index is 0.202. The molecule has 0 aromatic heterocycles. The molecule has 15 heavy (non-hydrogen) atoms. The molecule has 3 unspecified atom stereocenters. The lowest BCUT2D eigenvalue weighted by molar-refractivity contribution is 0.0921. The third-order valence-corrected chi connectivity index (χ3v) is 3.35. The van der Waals surface area contributed by atoms with E-state index in [1.54, 1.807) is 0 Å². The number of ether oxygens (including phenoxy) is 1. The van der Waals surface area contributed by atoms with Crippen LogP contribution >= 0.6 is 0 Å². The Labute approximate surface area is 89.1 Å². The van der Waals surface area contributed by atoms with Crippen LogP contribution in [-0.4, -0.2) is 24.4 Å². The van der Waals surface area contributed by atoms with Crippen LogP contribution in [0.3, 0.4) is 0 Å². The van der Waals surface area contributed by atoms with Gasteiger partial charge in [-0.25, -0.2) is 0 Å². The fraction of sp³-hybridized carbons (Fsp3) is 0.500. The van der Waals surface area contributed by atoms with E-state index in [1.807, 2.05) is 18.2 Å². The van der Waals surface area contributed by atoms with Crippen molar-refractivity contribution in [2.75, 3.05) is 13.2 Å². The molecule has 0 radical (unpaired) electrons. The second-order valence-corrected chi connectivity index (χ2v) is 4.36. The largest absolute Gasteiger partial charge is 0.488 e. The normalized spacial score (nSPS) is 33.0. The highest BCUT2D eigenvalue weighted by Gasteiger charge is 2.38. The molecule has 1 fully saturated rings. The van der Waals surface area contributed by atoms with Gasteiger partial charge in [0, 0.05) is 18.7 Å². The minimum Gasteiger partial charge on any atom is -0.488 e. The number of piperidine rings is 1. The van der Waals surface area contributed by atoms with Crippen molar-refractivity contribution in [1.82, 2.24) is 5.32 Å². The maximum Gasteiger partial charge on any atom is 0.124 e. The van der Waals surface area contributed by atoms with E-state index in [2.05, 4.69) is 11.4 Å². The van der Waals surface area contributed by atoms with Crippen LogP contribution in [0.4, 0.5) is 0 Å². The highest BCUT2D eigenvalue weighted by molar-refractivity contribution is 5.40. The molecule has 3 rings (SSSR count). The van der Waals surface area contributed by atoms with Crippen molar-refractivity contribution in [2.24, 2.45) is 5.92 Å². The second-order valence-electron chi connectivity index (χ2n) is 4.36. The van der Waals surface area contributed by atoms with E-state index in [9.17, 15) is 0 Å². The number of fused-ring (bicyclic) bond motifs is 3. The van der Waals surface area contributed by atoms with Crippen LogP contribution in [0.25, 0.3) is 0 Å². The number of hydrogen-bond acceptors (Lipinski definition) is 3. The fourth-order valence-corrected chi connectivity index (χ4v) is 2.55. The van der Waals surface area contributed by atoms with Gasteiger partial charge < -0.3 is 15.2 Å². The molecule has 3 heteroatoms. The summed E-state index contributed by atoms with van der Waals surface area (Å²) in [6, 6.07) is 8.50. The molecule has 0 spiro atoms. The van der Waals surface area contributed by atoms with E-state index in [-0.39, 0.29) is 12.7 Å². The molecule has 2 N–H and O–H groups in total. The van der Waals surface area contributed by atoms with Crippen LogP contribution < -0.4 is 10.1 Å². The van der Waals surface area contributed by atoms with Gasteiger partial charge in [-0.2, -0.15) is 0 Å². The number of rotatable bonds is 1. The van der Waals surface area contributed by atoms with Gasteiger partial charge in [-0.1, -0.05) is 18.2 Å². The van der Waals surface area contributed by atoms with Crippen molar-refractivity contribution in [3.05, 3.63) is 29.8 Å². The van der Waals surface area contributed by atoms with Gasteiger partial charge in [0.25, 0.3) is 0 Å². The van der Waals surface area contributed by atoms with Crippen molar-refractivity contribution in [2.45, 2.75) is 18.6 Å². The van der Waals surface area contributed by atoms with Crippen LogP contribution in [-0.2, 0) is 0 Å². The lowest BCUT2D eigenvalue weighted by atomic mass is 9.90. The molecule has 2 aliphatic heterocycles. The molecule has 0 saturated carbocycles. The van der Waals surface area contributed by atoms with E-state index < -0.39 is 0 Å². The van der Waals surface area contributed by atoms with E-state index in [1.165, 1.54) is 5.56 Å². The Morgan fingerprint density at radius 1 is 1.40 bits per heavy atom. The van der Waals surface area contributed by atoms with Gasteiger partial charge in [0.15, 0.2) is 0 Å². The van der Waals surface area contributed by atoms with Crippen molar-refractivity contribution in [1.29, 1.82) is 0 Å². The molecule has 3 atom stereocenters. The third-order valence-electron chi connectivity index (χ3n) is 3.35. The second kappa shape index (κ2) is 3.51. The van der Waals surface area contributed by atoms with Gasteiger partial charge in [0.1, 0.15) is 11.9 Å². The van der Waals surface area contributed by atoms with Crippen LogP contribution in [0, 0.1) is 5.92 Å². The molecule has 2 heterocycles. The number of hydrogen-bond donors (Lipinski definition) is 2. The molecule has 80 valence electrons. The molecule has 0 amide bonds. The Kier molecular flexibility index (Phi) is 2.15.